The van der Waals surface area contributed by atoms with Crippen LogP contribution < -0.4 is 4.74 Å². The Labute approximate surface area is 83.8 Å². The third kappa shape index (κ3) is 2.60. The van der Waals surface area contributed by atoms with Crippen molar-refractivity contribution in [2.45, 2.75) is 0 Å². The summed E-state index contributed by atoms with van der Waals surface area (Å²) in [4.78, 5) is 0. The first kappa shape index (κ1) is 9.73. The zero-order valence-corrected chi connectivity index (χ0v) is 8.67. The molecular formula is C8H8FIO2. The van der Waals surface area contributed by atoms with E-state index in [4.69, 9.17) is 9.47 Å². The lowest BCUT2D eigenvalue weighted by atomic mass is 10.3. The average molecular weight is 282 g/mol. The molecule has 0 unspecified atom stereocenters. The van der Waals surface area contributed by atoms with Gasteiger partial charge in [-0.2, -0.15) is 0 Å². The number of hydrogen-bond donors (Lipinski definition) is 0. The topological polar surface area (TPSA) is 18.5 Å². The normalized spacial score (nSPS) is 9.92. The van der Waals surface area contributed by atoms with Gasteiger partial charge in [-0.1, -0.05) is 0 Å². The summed E-state index contributed by atoms with van der Waals surface area (Å²) in [5.74, 6) is 0.207. The maximum absolute atomic E-state index is 12.7. The minimum atomic E-state index is -0.304. The van der Waals surface area contributed by atoms with Crippen molar-refractivity contribution in [3.05, 3.63) is 27.6 Å². The van der Waals surface area contributed by atoms with Crippen molar-refractivity contribution in [3.63, 3.8) is 0 Å². The van der Waals surface area contributed by atoms with E-state index in [-0.39, 0.29) is 12.6 Å². The van der Waals surface area contributed by atoms with E-state index in [0.717, 1.165) is 3.57 Å². The molecule has 1 rings (SSSR count). The Morgan fingerprint density at radius 2 is 2.25 bits per heavy atom. The molecule has 0 amide bonds. The van der Waals surface area contributed by atoms with Crippen LogP contribution in [-0.4, -0.2) is 13.9 Å². The molecule has 2 nitrogen and oxygen atoms in total. The first-order chi connectivity index (χ1) is 5.74. The highest BCUT2D eigenvalue weighted by Gasteiger charge is 2.01. The van der Waals surface area contributed by atoms with Gasteiger partial charge in [0.2, 0.25) is 0 Å². The summed E-state index contributed by atoms with van der Waals surface area (Å²) < 4.78 is 23.3. The molecule has 0 bridgehead atoms. The smallest absolute Gasteiger partial charge is 0.188 e. The van der Waals surface area contributed by atoms with E-state index in [0.29, 0.717) is 5.75 Å². The maximum Gasteiger partial charge on any atom is 0.188 e. The molecule has 66 valence electrons. The van der Waals surface area contributed by atoms with Crippen molar-refractivity contribution < 1.29 is 13.9 Å². The molecule has 0 heterocycles. The summed E-state index contributed by atoms with van der Waals surface area (Å²) in [6.07, 6.45) is 0. The van der Waals surface area contributed by atoms with Gasteiger partial charge in [-0.3, -0.25) is 0 Å². The Balaban J connectivity index is 2.75. The van der Waals surface area contributed by atoms with E-state index in [1.807, 2.05) is 0 Å². The largest absolute Gasteiger partial charge is 0.466 e. The summed E-state index contributed by atoms with van der Waals surface area (Å²) in [6, 6.07) is 4.38. The van der Waals surface area contributed by atoms with Gasteiger partial charge in [0, 0.05) is 13.2 Å². The predicted molar refractivity (Wildman–Crippen MR) is 51.6 cm³/mol. The molecule has 4 heteroatoms. The molecule has 0 saturated heterocycles. The van der Waals surface area contributed by atoms with Gasteiger partial charge in [0.15, 0.2) is 6.79 Å². The lowest BCUT2D eigenvalue weighted by Crippen LogP contribution is -2.00. The number of halogens is 2. The molecule has 0 N–H and O–H groups in total. The zero-order chi connectivity index (χ0) is 8.97. The van der Waals surface area contributed by atoms with Crippen molar-refractivity contribution in [1.82, 2.24) is 0 Å². The Hall–Kier alpha value is -0.360. The third-order valence-corrected chi connectivity index (χ3v) is 2.12. The van der Waals surface area contributed by atoms with Crippen LogP contribution >= 0.6 is 22.6 Å². The van der Waals surface area contributed by atoms with E-state index in [1.54, 1.807) is 6.07 Å². The molecule has 0 aliphatic carbocycles. The second-order valence-electron chi connectivity index (χ2n) is 2.13. The van der Waals surface area contributed by atoms with Gasteiger partial charge in [0.05, 0.1) is 3.57 Å². The monoisotopic (exact) mass is 282 g/mol. The Kier molecular flexibility index (Phi) is 3.74. The summed E-state index contributed by atoms with van der Waals surface area (Å²) >= 11 is 2.07. The van der Waals surface area contributed by atoms with E-state index >= 15 is 0 Å². The fourth-order valence-corrected chi connectivity index (χ4v) is 1.20. The SMILES string of the molecule is COCOc1cc(F)ccc1I. The van der Waals surface area contributed by atoms with Crippen LogP contribution in [0.4, 0.5) is 4.39 Å². The van der Waals surface area contributed by atoms with Crippen molar-refractivity contribution in [2.75, 3.05) is 13.9 Å². The van der Waals surface area contributed by atoms with E-state index in [1.165, 1.54) is 19.2 Å². The Morgan fingerprint density at radius 1 is 1.50 bits per heavy atom. The molecule has 0 aromatic heterocycles. The first-order valence-corrected chi connectivity index (χ1v) is 4.38. The maximum atomic E-state index is 12.7. The van der Waals surface area contributed by atoms with E-state index < -0.39 is 0 Å². The number of rotatable bonds is 3. The Bertz CT molecular complexity index is 265. The number of benzene rings is 1. The quantitative estimate of drug-likeness (QED) is 0.626. The molecule has 0 saturated carbocycles. The van der Waals surface area contributed by atoms with Crippen LogP contribution in [-0.2, 0) is 4.74 Å². The third-order valence-electron chi connectivity index (χ3n) is 1.23. The van der Waals surface area contributed by atoms with Crippen LogP contribution in [0.1, 0.15) is 0 Å². The molecule has 0 fully saturated rings. The van der Waals surface area contributed by atoms with Crippen LogP contribution in [0.2, 0.25) is 0 Å². The highest BCUT2D eigenvalue weighted by atomic mass is 127. The van der Waals surface area contributed by atoms with Crippen LogP contribution in [0, 0.1) is 9.39 Å². The molecule has 0 atom stereocenters. The standard InChI is InChI=1S/C8H8FIO2/c1-11-5-12-8-4-6(9)2-3-7(8)10/h2-4H,5H2,1H3. The van der Waals surface area contributed by atoms with Crippen molar-refractivity contribution in [2.24, 2.45) is 0 Å². The van der Waals surface area contributed by atoms with Gasteiger partial charge >= 0.3 is 0 Å². The molecule has 1 aromatic carbocycles. The summed E-state index contributed by atoms with van der Waals surface area (Å²) in [5.41, 5.74) is 0. The first-order valence-electron chi connectivity index (χ1n) is 3.31. The summed E-state index contributed by atoms with van der Waals surface area (Å²) in [6.45, 7) is 0.138. The average Bonchev–Trinajstić information content (AvgIpc) is 2.07. The lowest BCUT2D eigenvalue weighted by molar-refractivity contribution is 0.0503. The Morgan fingerprint density at radius 3 is 2.92 bits per heavy atom. The molecular weight excluding hydrogens is 274 g/mol. The number of hydrogen-bond acceptors (Lipinski definition) is 2. The summed E-state index contributed by atoms with van der Waals surface area (Å²) in [5, 5.41) is 0. The fourth-order valence-electron chi connectivity index (χ4n) is 0.710. The van der Waals surface area contributed by atoms with Crippen LogP contribution in [0.5, 0.6) is 5.75 Å². The molecule has 1 aromatic rings. The lowest BCUT2D eigenvalue weighted by Gasteiger charge is -2.05. The van der Waals surface area contributed by atoms with Gasteiger partial charge in [0.1, 0.15) is 11.6 Å². The van der Waals surface area contributed by atoms with Gasteiger partial charge in [-0.05, 0) is 34.7 Å². The fraction of sp³-hybridized carbons (Fsp3) is 0.250. The minimum Gasteiger partial charge on any atom is -0.466 e. The summed E-state index contributed by atoms with van der Waals surface area (Å²) in [7, 11) is 1.52. The molecule has 0 radical (unpaired) electrons. The van der Waals surface area contributed by atoms with Crippen LogP contribution in [0.15, 0.2) is 18.2 Å². The number of ether oxygens (including phenoxy) is 2. The molecule has 12 heavy (non-hydrogen) atoms. The highest BCUT2D eigenvalue weighted by Crippen LogP contribution is 2.21. The van der Waals surface area contributed by atoms with E-state index in [9.17, 15) is 4.39 Å². The molecule has 0 aliphatic rings. The predicted octanol–water partition coefficient (Wildman–Crippen LogP) is 2.41. The van der Waals surface area contributed by atoms with Gasteiger partial charge in [-0.25, -0.2) is 4.39 Å². The van der Waals surface area contributed by atoms with Crippen LogP contribution in [0.25, 0.3) is 0 Å². The highest BCUT2D eigenvalue weighted by molar-refractivity contribution is 14.1. The van der Waals surface area contributed by atoms with Crippen LogP contribution in [0.3, 0.4) is 0 Å². The van der Waals surface area contributed by atoms with E-state index in [2.05, 4.69) is 22.6 Å². The van der Waals surface area contributed by atoms with Gasteiger partial charge in [-0.15, -0.1) is 0 Å². The van der Waals surface area contributed by atoms with Crippen molar-refractivity contribution in [1.29, 1.82) is 0 Å². The second kappa shape index (κ2) is 4.61. The van der Waals surface area contributed by atoms with Crippen molar-refractivity contribution in [3.8, 4) is 5.75 Å². The molecule has 0 aliphatic heterocycles. The van der Waals surface area contributed by atoms with Crippen molar-refractivity contribution >= 4 is 22.6 Å². The minimum absolute atomic E-state index is 0.138. The number of methoxy groups -OCH3 is 1. The van der Waals surface area contributed by atoms with Gasteiger partial charge < -0.3 is 9.47 Å². The zero-order valence-electron chi connectivity index (χ0n) is 6.51. The second-order valence-corrected chi connectivity index (χ2v) is 3.29. The van der Waals surface area contributed by atoms with Gasteiger partial charge in [0.25, 0.3) is 0 Å². The molecule has 0 spiro atoms.